The van der Waals surface area contributed by atoms with Gasteiger partial charge in [-0.05, 0) is 42.3 Å². The predicted octanol–water partition coefficient (Wildman–Crippen LogP) is 3.25. The first kappa shape index (κ1) is 18.6. The van der Waals surface area contributed by atoms with Crippen LogP contribution in [-0.4, -0.2) is 29.3 Å². The van der Waals surface area contributed by atoms with E-state index in [1.165, 1.54) is 10.9 Å². The summed E-state index contributed by atoms with van der Waals surface area (Å²) in [6, 6.07) is 12.4. The van der Waals surface area contributed by atoms with Crippen molar-refractivity contribution in [2.24, 2.45) is 0 Å². The molecule has 2 N–H and O–H groups in total. The van der Waals surface area contributed by atoms with Crippen LogP contribution < -0.4 is 16.2 Å². The van der Waals surface area contributed by atoms with Gasteiger partial charge in [-0.3, -0.25) is 9.36 Å². The van der Waals surface area contributed by atoms with Gasteiger partial charge in [-0.25, -0.2) is 9.78 Å². The molecule has 27 heavy (non-hydrogen) atoms. The van der Waals surface area contributed by atoms with Crippen LogP contribution in [0.25, 0.3) is 10.9 Å². The Balaban J connectivity index is 1.78. The molecule has 0 aliphatic heterocycles. The molecule has 0 atom stereocenters. The van der Waals surface area contributed by atoms with E-state index in [0.29, 0.717) is 29.7 Å². The van der Waals surface area contributed by atoms with Crippen LogP contribution in [0.4, 0.5) is 16.2 Å². The number of anilines is 2. The van der Waals surface area contributed by atoms with Gasteiger partial charge < -0.3 is 15.4 Å². The second kappa shape index (κ2) is 8.46. The molecular weight excluding hydrogens is 344 g/mol. The van der Waals surface area contributed by atoms with Gasteiger partial charge in [-0.1, -0.05) is 19.1 Å². The van der Waals surface area contributed by atoms with Gasteiger partial charge in [-0.2, -0.15) is 0 Å². The molecule has 2 aromatic carbocycles. The van der Waals surface area contributed by atoms with Crippen LogP contribution in [0.3, 0.4) is 0 Å². The number of carbonyl (C=O) groups is 1. The molecule has 3 rings (SSSR count). The molecule has 0 unspecified atom stereocenters. The van der Waals surface area contributed by atoms with Gasteiger partial charge >= 0.3 is 6.03 Å². The number of fused-ring (bicyclic) bond motifs is 1. The standard InChI is InChI=1S/C20H22N4O3/c1-3-14-5-4-6-15(11-14)22-20(26)23-16-7-8-18-17(12-16)19(25)24(13-21-18)9-10-27-2/h4-8,11-13H,3,9-10H2,1-2H3,(H2,22,23,26). The number of aromatic nitrogens is 2. The Kier molecular flexibility index (Phi) is 5.83. The van der Waals surface area contributed by atoms with Gasteiger partial charge in [-0.15, -0.1) is 0 Å². The van der Waals surface area contributed by atoms with Crippen LogP contribution >= 0.6 is 0 Å². The van der Waals surface area contributed by atoms with Crippen LogP contribution in [0, 0.1) is 0 Å². The average molecular weight is 366 g/mol. The molecule has 2 amide bonds. The highest BCUT2D eigenvalue weighted by Gasteiger charge is 2.08. The number of amides is 2. The maximum Gasteiger partial charge on any atom is 0.323 e. The fourth-order valence-electron chi connectivity index (χ4n) is 2.75. The second-order valence-corrected chi connectivity index (χ2v) is 6.10. The Morgan fingerprint density at radius 3 is 2.67 bits per heavy atom. The molecule has 0 radical (unpaired) electrons. The number of nitrogens with zero attached hydrogens (tertiary/aromatic N) is 2. The van der Waals surface area contributed by atoms with Crippen LogP contribution in [0.2, 0.25) is 0 Å². The minimum atomic E-state index is -0.369. The van der Waals surface area contributed by atoms with Gasteiger partial charge in [0.15, 0.2) is 0 Å². The first-order valence-corrected chi connectivity index (χ1v) is 8.76. The highest BCUT2D eigenvalue weighted by Crippen LogP contribution is 2.16. The summed E-state index contributed by atoms with van der Waals surface area (Å²) in [5.74, 6) is 0. The van der Waals surface area contributed by atoms with Crippen molar-refractivity contribution >= 4 is 28.3 Å². The summed E-state index contributed by atoms with van der Waals surface area (Å²) in [5, 5.41) is 6.00. The van der Waals surface area contributed by atoms with Gasteiger partial charge in [0.2, 0.25) is 0 Å². The lowest BCUT2D eigenvalue weighted by Crippen LogP contribution is -2.23. The molecule has 3 aromatic rings. The monoisotopic (exact) mass is 366 g/mol. The van der Waals surface area contributed by atoms with Crippen LogP contribution in [0.15, 0.2) is 53.6 Å². The first-order chi connectivity index (χ1) is 13.1. The van der Waals surface area contributed by atoms with Gasteiger partial charge in [0, 0.05) is 18.5 Å². The third-order valence-electron chi connectivity index (χ3n) is 4.21. The molecule has 0 saturated carbocycles. The molecule has 140 valence electrons. The molecule has 0 aliphatic rings. The van der Waals surface area contributed by atoms with Crippen LogP contribution in [0.5, 0.6) is 0 Å². The lowest BCUT2D eigenvalue weighted by molar-refractivity contribution is 0.186. The molecule has 1 heterocycles. The summed E-state index contributed by atoms with van der Waals surface area (Å²) < 4.78 is 6.50. The Morgan fingerprint density at radius 1 is 1.15 bits per heavy atom. The Hall–Kier alpha value is -3.19. The quantitative estimate of drug-likeness (QED) is 0.701. The molecule has 0 saturated heterocycles. The van der Waals surface area contributed by atoms with Crippen molar-refractivity contribution in [1.29, 1.82) is 0 Å². The zero-order valence-corrected chi connectivity index (χ0v) is 15.4. The number of ether oxygens (including phenoxy) is 1. The van der Waals surface area contributed by atoms with Crippen LogP contribution in [0.1, 0.15) is 12.5 Å². The lowest BCUT2D eigenvalue weighted by Gasteiger charge is -2.10. The Labute approximate surface area is 157 Å². The first-order valence-electron chi connectivity index (χ1n) is 8.76. The number of aryl methyl sites for hydroxylation is 1. The smallest absolute Gasteiger partial charge is 0.323 e. The van der Waals surface area contributed by atoms with E-state index < -0.39 is 0 Å². The highest BCUT2D eigenvalue weighted by atomic mass is 16.5. The fourth-order valence-corrected chi connectivity index (χ4v) is 2.75. The highest BCUT2D eigenvalue weighted by molar-refractivity contribution is 6.00. The number of hydrogen-bond donors (Lipinski definition) is 2. The number of carbonyl (C=O) groups excluding carboxylic acids is 1. The van der Waals surface area contributed by atoms with E-state index in [-0.39, 0.29) is 11.6 Å². The average Bonchev–Trinajstić information content (AvgIpc) is 2.68. The van der Waals surface area contributed by atoms with E-state index in [2.05, 4.69) is 22.5 Å². The van der Waals surface area contributed by atoms with Crippen molar-refractivity contribution in [1.82, 2.24) is 9.55 Å². The van der Waals surface area contributed by atoms with Crippen molar-refractivity contribution in [3.8, 4) is 0 Å². The van der Waals surface area contributed by atoms with E-state index in [4.69, 9.17) is 4.74 Å². The largest absolute Gasteiger partial charge is 0.383 e. The van der Waals surface area contributed by atoms with Crippen molar-refractivity contribution in [3.63, 3.8) is 0 Å². The summed E-state index contributed by atoms with van der Waals surface area (Å²) in [7, 11) is 1.58. The zero-order chi connectivity index (χ0) is 19.2. The summed E-state index contributed by atoms with van der Waals surface area (Å²) in [6.07, 6.45) is 2.40. The molecule has 7 nitrogen and oxygen atoms in total. The van der Waals surface area contributed by atoms with Crippen LogP contribution in [-0.2, 0) is 17.7 Å². The lowest BCUT2D eigenvalue weighted by atomic mass is 10.1. The van der Waals surface area contributed by atoms with E-state index in [9.17, 15) is 9.59 Å². The van der Waals surface area contributed by atoms with Crippen molar-refractivity contribution in [3.05, 3.63) is 64.7 Å². The van der Waals surface area contributed by atoms with Gasteiger partial charge in [0.1, 0.15) is 0 Å². The zero-order valence-electron chi connectivity index (χ0n) is 15.4. The predicted molar refractivity (Wildman–Crippen MR) is 106 cm³/mol. The molecule has 1 aromatic heterocycles. The summed E-state index contributed by atoms with van der Waals surface area (Å²) >= 11 is 0. The van der Waals surface area contributed by atoms with E-state index in [1.807, 2.05) is 24.3 Å². The maximum absolute atomic E-state index is 12.6. The van der Waals surface area contributed by atoms with Gasteiger partial charge in [0.25, 0.3) is 5.56 Å². The number of urea groups is 1. The summed E-state index contributed by atoms with van der Waals surface area (Å²) in [4.78, 5) is 29.1. The number of benzene rings is 2. The molecular formula is C20H22N4O3. The number of rotatable bonds is 6. The van der Waals surface area contributed by atoms with E-state index >= 15 is 0 Å². The molecule has 0 aliphatic carbocycles. The number of hydrogen-bond acceptors (Lipinski definition) is 4. The fraction of sp³-hybridized carbons (Fsp3) is 0.250. The molecule has 0 spiro atoms. The maximum atomic E-state index is 12.6. The molecule has 0 bridgehead atoms. The Morgan fingerprint density at radius 2 is 1.93 bits per heavy atom. The molecule has 0 fully saturated rings. The second-order valence-electron chi connectivity index (χ2n) is 6.10. The normalized spacial score (nSPS) is 10.7. The number of methoxy groups -OCH3 is 1. The summed E-state index contributed by atoms with van der Waals surface area (Å²) in [5.41, 5.74) is 2.79. The number of nitrogens with one attached hydrogen (secondary N) is 2. The van der Waals surface area contributed by atoms with E-state index in [1.54, 1.807) is 25.3 Å². The minimum Gasteiger partial charge on any atom is -0.383 e. The third kappa shape index (κ3) is 4.51. The van der Waals surface area contributed by atoms with Crippen molar-refractivity contribution in [2.45, 2.75) is 19.9 Å². The van der Waals surface area contributed by atoms with Gasteiger partial charge in [0.05, 0.1) is 30.4 Å². The van der Waals surface area contributed by atoms with Crippen molar-refractivity contribution < 1.29 is 9.53 Å². The SMILES string of the molecule is CCc1cccc(NC(=O)Nc2ccc3ncn(CCOC)c(=O)c3c2)c1. The summed E-state index contributed by atoms with van der Waals surface area (Å²) in [6.45, 7) is 2.90. The Bertz CT molecular complexity index is 1010. The topological polar surface area (TPSA) is 85.2 Å². The van der Waals surface area contributed by atoms with E-state index in [0.717, 1.165) is 17.7 Å². The molecule has 7 heteroatoms. The van der Waals surface area contributed by atoms with Crippen molar-refractivity contribution in [2.75, 3.05) is 24.4 Å². The third-order valence-corrected chi connectivity index (χ3v) is 4.21. The minimum absolute atomic E-state index is 0.170.